The summed E-state index contributed by atoms with van der Waals surface area (Å²) in [5.74, 6) is -0.359. The smallest absolute Gasteiger partial charge is 0.303 e. The van der Waals surface area contributed by atoms with Gasteiger partial charge in [0.05, 0.1) is 12.1 Å². The van der Waals surface area contributed by atoms with E-state index < -0.39 is 5.97 Å². The van der Waals surface area contributed by atoms with Gasteiger partial charge in [0, 0.05) is 18.8 Å². The van der Waals surface area contributed by atoms with Crippen LogP contribution in [0.25, 0.3) is 5.78 Å². The van der Waals surface area contributed by atoms with Crippen LogP contribution in [0.4, 0.5) is 0 Å². The molecule has 0 saturated heterocycles. The summed E-state index contributed by atoms with van der Waals surface area (Å²) >= 11 is 5.94. The van der Waals surface area contributed by atoms with Gasteiger partial charge < -0.3 is 5.11 Å². The maximum absolute atomic E-state index is 10.5. The number of aromatic nitrogens is 3. The van der Waals surface area contributed by atoms with Crippen LogP contribution < -0.4 is 0 Å². The molecule has 0 fully saturated rings. The van der Waals surface area contributed by atoms with E-state index in [2.05, 4.69) is 9.97 Å². The Bertz CT molecular complexity index is 550. The fourth-order valence-corrected chi connectivity index (χ4v) is 1.76. The maximum Gasteiger partial charge on any atom is 0.303 e. The third-order valence-electron chi connectivity index (χ3n) is 2.23. The van der Waals surface area contributed by atoms with Gasteiger partial charge >= 0.3 is 5.97 Å². The second kappa shape index (κ2) is 4.09. The van der Waals surface area contributed by atoms with Crippen molar-refractivity contribution >= 4 is 23.3 Å². The number of carbonyl (C=O) groups is 1. The number of carboxylic acids is 1. The number of aliphatic carboxylic acids is 1. The van der Waals surface area contributed by atoms with Crippen molar-refractivity contribution in [2.75, 3.05) is 0 Å². The summed E-state index contributed by atoms with van der Waals surface area (Å²) in [7, 11) is 0. The number of halogens is 1. The van der Waals surface area contributed by atoms with Gasteiger partial charge in [-0.2, -0.15) is 4.98 Å². The van der Waals surface area contributed by atoms with Gasteiger partial charge in [-0.1, -0.05) is 11.6 Å². The molecule has 1 N–H and O–H groups in total. The normalized spacial score (nSPS) is 10.9. The van der Waals surface area contributed by atoms with Crippen LogP contribution in [-0.4, -0.2) is 25.4 Å². The molecule has 0 spiro atoms. The minimum absolute atomic E-state index is 0.0292. The van der Waals surface area contributed by atoms with E-state index in [9.17, 15) is 4.79 Å². The molecule has 2 aromatic heterocycles. The molecule has 16 heavy (non-hydrogen) atoms. The lowest BCUT2D eigenvalue weighted by Crippen LogP contribution is -2.01. The van der Waals surface area contributed by atoms with E-state index in [0.29, 0.717) is 23.0 Å². The molecule has 0 unspecified atom stereocenters. The Balaban J connectivity index is 2.45. The highest BCUT2D eigenvalue weighted by Crippen LogP contribution is 2.18. The molecule has 2 heterocycles. The van der Waals surface area contributed by atoms with Gasteiger partial charge in [-0.25, -0.2) is 4.98 Å². The highest BCUT2D eigenvalue weighted by molar-refractivity contribution is 6.30. The lowest BCUT2D eigenvalue weighted by molar-refractivity contribution is -0.136. The molecule has 0 aliphatic rings. The molecule has 0 aliphatic heterocycles. The van der Waals surface area contributed by atoms with E-state index >= 15 is 0 Å². The second-order valence-electron chi connectivity index (χ2n) is 3.54. The molecule has 0 atom stereocenters. The van der Waals surface area contributed by atoms with E-state index in [1.165, 1.54) is 0 Å². The average Bonchev–Trinajstić information content (AvgIpc) is 2.51. The number of fused-ring (bicyclic) bond motifs is 1. The van der Waals surface area contributed by atoms with E-state index in [-0.39, 0.29) is 6.42 Å². The molecule has 2 aromatic rings. The summed E-state index contributed by atoms with van der Waals surface area (Å²) in [6.07, 6.45) is 3.92. The molecule has 0 amide bonds. The van der Waals surface area contributed by atoms with Crippen molar-refractivity contribution in [3.63, 3.8) is 0 Å². The zero-order chi connectivity index (χ0) is 11.7. The topological polar surface area (TPSA) is 67.5 Å². The van der Waals surface area contributed by atoms with E-state index in [1.807, 2.05) is 13.1 Å². The minimum Gasteiger partial charge on any atom is -0.481 e. The van der Waals surface area contributed by atoms with Crippen molar-refractivity contribution in [2.45, 2.75) is 19.8 Å². The lowest BCUT2D eigenvalue weighted by atomic mass is 10.2. The van der Waals surface area contributed by atoms with Crippen molar-refractivity contribution in [3.8, 4) is 0 Å². The molecule has 84 valence electrons. The molecule has 5 nitrogen and oxygen atoms in total. The van der Waals surface area contributed by atoms with Crippen LogP contribution >= 0.6 is 11.6 Å². The minimum atomic E-state index is -0.855. The summed E-state index contributed by atoms with van der Waals surface area (Å²) in [5, 5.41) is 8.96. The number of hydrogen-bond acceptors (Lipinski definition) is 3. The highest BCUT2D eigenvalue weighted by Gasteiger charge is 2.12. The summed E-state index contributed by atoms with van der Waals surface area (Å²) < 4.78 is 1.74. The van der Waals surface area contributed by atoms with Crippen molar-refractivity contribution in [2.24, 2.45) is 0 Å². The van der Waals surface area contributed by atoms with Crippen LogP contribution in [0.3, 0.4) is 0 Å². The molecular formula is C10H10ClN3O2. The van der Waals surface area contributed by atoms with Crippen molar-refractivity contribution in [1.82, 2.24) is 14.4 Å². The summed E-state index contributed by atoms with van der Waals surface area (Å²) in [6, 6.07) is 0. The van der Waals surface area contributed by atoms with Crippen molar-refractivity contribution < 1.29 is 9.90 Å². The molecule has 0 aliphatic carbocycles. The predicted molar refractivity (Wildman–Crippen MR) is 58.7 cm³/mol. The summed E-state index contributed by atoms with van der Waals surface area (Å²) in [5.41, 5.74) is 1.66. The van der Waals surface area contributed by atoms with Crippen LogP contribution in [0.1, 0.15) is 17.7 Å². The van der Waals surface area contributed by atoms with E-state index in [0.717, 1.165) is 5.56 Å². The van der Waals surface area contributed by atoms with Crippen molar-refractivity contribution in [1.29, 1.82) is 0 Å². The summed E-state index contributed by atoms with van der Waals surface area (Å²) in [4.78, 5) is 18.7. The average molecular weight is 240 g/mol. The van der Waals surface area contributed by atoms with Gasteiger partial charge in [-0.05, 0) is 12.5 Å². The first kappa shape index (κ1) is 10.9. The molecule has 0 saturated carbocycles. The van der Waals surface area contributed by atoms with Crippen LogP contribution in [0.15, 0.2) is 12.4 Å². The number of nitrogens with zero attached hydrogens (tertiary/aromatic N) is 3. The molecule has 0 radical (unpaired) electrons. The Morgan fingerprint density at radius 1 is 1.62 bits per heavy atom. The van der Waals surface area contributed by atoms with Crippen LogP contribution in [0.2, 0.25) is 5.15 Å². The fourth-order valence-electron chi connectivity index (χ4n) is 1.50. The number of rotatable bonds is 3. The Hall–Kier alpha value is -1.62. The largest absolute Gasteiger partial charge is 0.481 e. The third kappa shape index (κ3) is 1.99. The van der Waals surface area contributed by atoms with Gasteiger partial charge in [0.2, 0.25) is 5.78 Å². The quantitative estimate of drug-likeness (QED) is 0.885. The van der Waals surface area contributed by atoms with Crippen LogP contribution in [-0.2, 0) is 11.2 Å². The van der Waals surface area contributed by atoms with Gasteiger partial charge in [-0.15, -0.1) is 0 Å². The Labute approximate surface area is 96.7 Å². The number of imidazole rings is 1. The predicted octanol–water partition coefficient (Wildman–Crippen LogP) is 1.71. The first-order valence-corrected chi connectivity index (χ1v) is 5.16. The molecule has 0 bridgehead atoms. The SMILES string of the molecule is Cc1cnc2nc(Cl)c(CCC(=O)O)n2c1. The monoisotopic (exact) mass is 239 g/mol. The number of hydrogen-bond donors (Lipinski definition) is 1. The zero-order valence-electron chi connectivity index (χ0n) is 8.64. The van der Waals surface area contributed by atoms with Gasteiger partial charge in [0.15, 0.2) is 5.15 Å². The van der Waals surface area contributed by atoms with E-state index in [4.69, 9.17) is 16.7 Å². The fraction of sp³-hybridized carbons (Fsp3) is 0.300. The lowest BCUT2D eigenvalue weighted by Gasteiger charge is -2.00. The first-order valence-electron chi connectivity index (χ1n) is 4.79. The molecule has 2 rings (SSSR count). The van der Waals surface area contributed by atoms with Crippen LogP contribution in [0.5, 0.6) is 0 Å². The number of aryl methyl sites for hydroxylation is 2. The highest BCUT2D eigenvalue weighted by atomic mass is 35.5. The third-order valence-corrected chi connectivity index (χ3v) is 2.54. The molecular weight excluding hydrogens is 230 g/mol. The van der Waals surface area contributed by atoms with E-state index in [1.54, 1.807) is 10.6 Å². The first-order chi connectivity index (χ1) is 7.58. The Kier molecular flexibility index (Phi) is 2.78. The van der Waals surface area contributed by atoms with Gasteiger partial charge in [0.25, 0.3) is 0 Å². The van der Waals surface area contributed by atoms with Crippen molar-refractivity contribution in [3.05, 3.63) is 28.8 Å². The molecule has 6 heteroatoms. The maximum atomic E-state index is 10.5. The number of carboxylic acid groups (broad SMARTS) is 1. The van der Waals surface area contributed by atoms with Gasteiger partial charge in [0.1, 0.15) is 0 Å². The van der Waals surface area contributed by atoms with Crippen LogP contribution in [0, 0.1) is 6.92 Å². The Morgan fingerprint density at radius 2 is 2.38 bits per heavy atom. The van der Waals surface area contributed by atoms with Gasteiger partial charge in [-0.3, -0.25) is 9.20 Å². The summed E-state index contributed by atoms with van der Waals surface area (Å²) in [6.45, 7) is 1.90. The second-order valence-corrected chi connectivity index (χ2v) is 3.90. The Morgan fingerprint density at radius 3 is 3.06 bits per heavy atom. The molecule has 0 aromatic carbocycles. The standard InChI is InChI=1S/C10H10ClN3O2/c1-6-4-12-10-13-9(11)7(14(10)5-6)2-3-8(15)16/h4-5H,2-3H2,1H3,(H,15,16). The zero-order valence-corrected chi connectivity index (χ0v) is 9.40.